The van der Waals surface area contributed by atoms with Gasteiger partial charge in [0.25, 0.3) is 22.2 Å². The van der Waals surface area contributed by atoms with Gasteiger partial charge < -0.3 is 0 Å². The number of H-pyrrole nitrogens is 4. The largest absolute Gasteiger partial charge is 0.268 e. The van der Waals surface area contributed by atoms with Crippen molar-refractivity contribution in [1.29, 1.82) is 0 Å². The van der Waals surface area contributed by atoms with Crippen LogP contribution >= 0.6 is 0 Å². The third-order valence-corrected chi connectivity index (χ3v) is 1.39. The fourth-order valence-electron chi connectivity index (χ4n) is 0.716. The zero-order chi connectivity index (χ0) is 12.0. The van der Waals surface area contributed by atoms with Crippen molar-refractivity contribution in [2.45, 2.75) is 0 Å². The fourth-order valence-corrected chi connectivity index (χ4v) is 0.716. The third kappa shape index (κ3) is 6.12. The molecule has 0 unspecified atom stereocenters. The van der Waals surface area contributed by atoms with E-state index in [0.29, 0.717) is 0 Å². The third-order valence-electron chi connectivity index (χ3n) is 1.39. The average molecular weight is 283 g/mol. The molecular weight excluding hydrogens is 275 g/mol. The van der Waals surface area contributed by atoms with Gasteiger partial charge in [-0.05, 0) is 0 Å². The number of hydrogen-bond acceptors (Lipinski definition) is 4. The van der Waals surface area contributed by atoms with Crippen LogP contribution < -0.4 is 22.2 Å². The molecule has 0 amide bonds. The molecule has 0 aliphatic rings. The molecule has 17 heavy (non-hydrogen) atoms. The van der Waals surface area contributed by atoms with Gasteiger partial charge in [0.1, 0.15) is 0 Å². The molecule has 9 heteroatoms. The molecule has 2 rings (SSSR count). The second kappa shape index (κ2) is 7.19. The number of rotatable bonds is 0. The molecule has 0 bridgehead atoms. The number of aromatic nitrogens is 4. The molecule has 0 saturated heterocycles. The van der Waals surface area contributed by atoms with Crippen molar-refractivity contribution >= 4 is 0 Å². The van der Waals surface area contributed by atoms with Crippen molar-refractivity contribution in [1.82, 2.24) is 20.4 Å². The maximum atomic E-state index is 10.2. The van der Waals surface area contributed by atoms with E-state index in [2.05, 4.69) is 20.4 Å². The van der Waals surface area contributed by atoms with Crippen molar-refractivity contribution in [2.24, 2.45) is 0 Å². The Morgan fingerprint density at radius 3 is 0.824 bits per heavy atom. The van der Waals surface area contributed by atoms with Gasteiger partial charge >= 0.3 is 0 Å². The first kappa shape index (κ1) is 14.9. The summed E-state index contributed by atoms with van der Waals surface area (Å²) in [6.45, 7) is 0. The first-order valence-electron chi connectivity index (χ1n) is 4.14. The maximum absolute atomic E-state index is 10.2. The molecule has 0 aliphatic heterocycles. The van der Waals surface area contributed by atoms with Gasteiger partial charge in [-0.2, -0.15) is 0 Å². The van der Waals surface area contributed by atoms with E-state index in [4.69, 9.17) is 0 Å². The molecule has 2 aromatic heterocycles. The first-order chi connectivity index (χ1) is 7.58. The van der Waals surface area contributed by atoms with E-state index >= 15 is 0 Å². The first-order valence-corrected chi connectivity index (χ1v) is 4.14. The molecule has 0 fully saturated rings. The van der Waals surface area contributed by atoms with E-state index in [1.54, 1.807) is 0 Å². The van der Waals surface area contributed by atoms with E-state index < -0.39 is 0 Å². The van der Waals surface area contributed by atoms with Crippen molar-refractivity contribution < 1.29 is 16.8 Å². The van der Waals surface area contributed by atoms with E-state index in [9.17, 15) is 19.2 Å². The van der Waals surface area contributed by atoms with E-state index in [-0.39, 0.29) is 39.0 Å². The van der Waals surface area contributed by atoms with Gasteiger partial charge in [0.05, 0.1) is 0 Å². The summed E-state index contributed by atoms with van der Waals surface area (Å²) in [5.74, 6) is 0. The zero-order valence-corrected chi connectivity index (χ0v) is 9.32. The quantitative estimate of drug-likeness (QED) is 0.450. The smallest absolute Gasteiger partial charge is 0.262 e. The van der Waals surface area contributed by atoms with E-state index in [1.807, 2.05) is 0 Å². The number of hydrogen-bond donors (Lipinski definition) is 4. The van der Waals surface area contributed by atoms with E-state index in [1.165, 1.54) is 24.3 Å². The van der Waals surface area contributed by atoms with Gasteiger partial charge in [0.2, 0.25) is 0 Å². The summed E-state index contributed by atoms with van der Waals surface area (Å²) in [6, 6.07) is 4.66. The van der Waals surface area contributed by atoms with Gasteiger partial charge in [0.15, 0.2) is 0 Å². The van der Waals surface area contributed by atoms with Gasteiger partial charge in [-0.25, -0.2) is 0 Å². The molecule has 0 aliphatic carbocycles. The second-order valence-corrected chi connectivity index (χ2v) is 2.62. The Morgan fingerprint density at radius 2 is 0.706 bits per heavy atom. The van der Waals surface area contributed by atoms with Gasteiger partial charge in [-0.15, -0.1) is 0 Å². The molecule has 0 saturated carbocycles. The minimum absolute atomic E-state index is 0. The summed E-state index contributed by atoms with van der Waals surface area (Å²) in [7, 11) is 0. The normalized spacial score (nSPS) is 8.47. The minimum atomic E-state index is -0.301. The van der Waals surface area contributed by atoms with Crippen LogP contribution in [0.5, 0.6) is 0 Å². The van der Waals surface area contributed by atoms with Crippen LogP contribution in [-0.4, -0.2) is 20.4 Å². The summed E-state index contributed by atoms with van der Waals surface area (Å²) in [5, 5.41) is 8.43. The molecule has 4 N–H and O–H groups in total. The number of aromatic amines is 4. The van der Waals surface area contributed by atoms with Crippen LogP contribution in [-0.2, 0) is 16.8 Å². The Bertz CT molecular complexity index is 504. The van der Waals surface area contributed by atoms with Gasteiger partial charge in [0, 0.05) is 41.0 Å². The molecule has 8 nitrogen and oxygen atoms in total. The Hall–Kier alpha value is -2.13. The van der Waals surface area contributed by atoms with Crippen LogP contribution in [0.1, 0.15) is 0 Å². The van der Waals surface area contributed by atoms with Crippen molar-refractivity contribution in [3.63, 3.8) is 0 Å². The zero-order valence-electron chi connectivity index (χ0n) is 8.28. The summed E-state index contributed by atoms with van der Waals surface area (Å²) in [4.78, 5) is 40.8. The number of nitrogens with one attached hydrogen (secondary N) is 4. The van der Waals surface area contributed by atoms with Crippen LogP contribution in [0.4, 0.5) is 0 Å². The fraction of sp³-hybridized carbons (Fsp3) is 0. The summed E-state index contributed by atoms with van der Waals surface area (Å²) < 4.78 is 0. The Morgan fingerprint density at radius 1 is 0.529 bits per heavy atom. The Balaban J connectivity index is 0.000000284. The molecule has 2 aromatic rings. The predicted molar refractivity (Wildman–Crippen MR) is 55.4 cm³/mol. The SMILES string of the molecule is O=c1ccc(=O)[nH][nH]1.O=c1ccc(=O)[nH][nH]1.[Co]. The maximum Gasteiger partial charge on any atom is 0.262 e. The molecule has 93 valence electrons. The second-order valence-electron chi connectivity index (χ2n) is 2.62. The standard InChI is InChI=1S/2C4H4N2O2.Co/c2*7-3-1-2-4(8)6-5-3;/h2*1-2H,(H,5,7)(H,6,8);. The molecule has 0 atom stereocenters. The molecule has 1 radical (unpaired) electrons. The van der Waals surface area contributed by atoms with E-state index in [0.717, 1.165) is 0 Å². The van der Waals surface area contributed by atoms with Crippen LogP contribution in [0.25, 0.3) is 0 Å². The van der Waals surface area contributed by atoms with Crippen LogP contribution in [0.2, 0.25) is 0 Å². The average Bonchev–Trinajstić information content (AvgIpc) is 2.28. The molecular formula is C8H8CoN4O4. The Kier molecular flexibility index (Phi) is 6.29. The van der Waals surface area contributed by atoms with Crippen LogP contribution in [0.15, 0.2) is 43.4 Å². The van der Waals surface area contributed by atoms with Crippen molar-refractivity contribution in [2.75, 3.05) is 0 Å². The molecule has 0 aromatic carbocycles. The summed E-state index contributed by atoms with van der Waals surface area (Å²) in [6.07, 6.45) is 0. The molecule has 0 spiro atoms. The van der Waals surface area contributed by atoms with Gasteiger partial charge in [-0.3, -0.25) is 39.6 Å². The van der Waals surface area contributed by atoms with Gasteiger partial charge in [-0.1, -0.05) is 0 Å². The summed E-state index contributed by atoms with van der Waals surface area (Å²) in [5.41, 5.74) is -1.21. The summed E-state index contributed by atoms with van der Waals surface area (Å²) >= 11 is 0. The predicted octanol–water partition coefficient (Wildman–Crippen LogP) is -1.88. The monoisotopic (exact) mass is 283 g/mol. The van der Waals surface area contributed by atoms with Crippen molar-refractivity contribution in [3.05, 3.63) is 65.7 Å². The van der Waals surface area contributed by atoms with Crippen LogP contribution in [0.3, 0.4) is 0 Å². The van der Waals surface area contributed by atoms with Crippen molar-refractivity contribution in [3.8, 4) is 0 Å². The minimum Gasteiger partial charge on any atom is -0.268 e. The molecule has 2 heterocycles. The topological polar surface area (TPSA) is 131 Å². The van der Waals surface area contributed by atoms with Crippen LogP contribution in [0, 0.1) is 0 Å². The Labute approximate surface area is 103 Å².